The molecule has 0 spiro atoms. The van der Waals surface area contributed by atoms with Crippen LogP contribution in [0.3, 0.4) is 0 Å². The van der Waals surface area contributed by atoms with Gasteiger partial charge in [-0.15, -0.1) is 0 Å². The number of esters is 1. The number of benzene rings is 1. The average Bonchev–Trinajstić information content (AvgIpc) is 2.91. The number of ether oxygens (including phenoxy) is 1. The van der Waals surface area contributed by atoms with Gasteiger partial charge in [0.25, 0.3) is 0 Å². The van der Waals surface area contributed by atoms with Crippen LogP contribution < -0.4 is 5.32 Å². The number of fused-ring (bicyclic) bond motifs is 1. The summed E-state index contributed by atoms with van der Waals surface area (Å²) in [5.74, 6) is -0.373. The van der Waals surface area contributed by atoms with E-state index < -0.39 is 0 Å². The highest BCUT2D eigenvalue weighted by atomic mass is 16.5. The van der Waals surface area contributed by atoms with E-state index in [4.69, 9.17) is 4.74 Å². The number of carbonyl (C=O) groups is 1. The molecule has 1 atom stereocenters. The quantitative estimate of drug-likeness (QED) is 0.838. The van der Waals surface area contributed by atoms with E-state index in [0.717, 1.165) is 29.8 Å². The van der Waals surface area contributed by atoms with Crippen LogP contribution in [0.15, 0.2) is 30.3 Å². The Balaban J connectivity index is 1.73. The number of H-pyrrole nitrogens is 1. The predicted octanol–water partition coefficient (Wildman–Crippen LogP) is 1.97. The van der Waals surface area contributed by atoms with Crippen LogP contribution in [-0.2, 0) is 17.8 Å². The number of nitrogens with zero attached hydrogens (tertiary/aromatic N) is 1. The first-order valence-corrected chi connectivity index (χ1v) is 6.77. The Labute approximate surface area is 117 Å². The van der Waals surface area contributed by atoms with Crippen molar-refractivity contribution in [3.8, 4) is 0 Å². The van der Waals surface area contributed by atoms with Crippen molar-refractivity contribution < 1.29 is 9.53 Å². The van der Waals surface area contributed by atoms with Crippen LogP contribution in [0.25, 0.3) is 0 Å². The number of hydrogen-bond donors (Lipinski definition) is 2. The van der Waals surface area contributed by atoms with Crippen molar-refractivity contribution in [3.63, 3.8) is 0 Å². The van der Waals surface area contributed by atoms with Gasteiger partial charge in [-0.25, -0.2) is 4.79 Å². The van der Waals surface area contributed by atoms with Crippen LogP contribution in [0.5, 0.6) is 0 Å². The van der Waals surface area contributed by atoms with Gasteiger partial charge in [0.1, 0.15) is 6.61 Å². The van der Waals surface area contributed by atoms with Crippen LogP contribution >= 0.6 is 0 Å². The summed E-state index contributed by atoms with van der Waals surface area (Å²) in [4.78, 5) is 12.2. The molecule has 0 aliphatic carbocycles. The minimum atomic E-state index is -0.373. The fraction of sp³-hybridized carbons (Fsp3) is 0.333. The zero-order valence-corrected chi connectivity index (χ0v) is 11.3. The standard InChI is InChI=1S/C15H17N3O2/c1-10-13-12(7-8-16-10)17-18-14(13)15(19)20-9-11-5-3-2-4-6-11/h2-6,10,16H,7-9H2,1H3,(H,17,18). The van der Waals surface area contributed by atoms with Gasteiger partial charge in [0.2, 0.25) is 0 Å². The molecular formula is C15H17N3O2. The monoisotopic (exact) mass is 271 g/mol. The summed E-state index contributed by atoms with van der Waals surface area (Å²) in [5, 5.41) is 10.4. The minimum absolute atomic E-state index is 0.122. The Morgan fingerprint density at radius 2 is 2.20 bits per heavy atom. The van der Waals surface area contributed by atoms with Crippen molar-refractivity contribution in [2.75, 3.05) is 6.54 Å². The van der Waals surface area contributed by atoms with E-state index in [-0.39, 0.29) is 18.6 Å². The van der Waals surface area contributed by atoms with Gasteiger partial charge >= 0.3 is 5.97 Å². The van der Waals surface area contributed by atoms with Gasteiger partial charge in [-0.1, -0.05) is 30.3 Å². The number of aromatic nitrogens is 2. The third-order valence-corrected chi connectivity index (χ3v) is 3.55. The maximum absolute atomic E-state index is 12.2. The van der Waals surface area contributed by atoms with Crippen molar-refractivity contribution in [2.45, 2.75) is 26.0 Å². The zero-order chi connectivity index (χ0) is 13.9. The summed E-state index contributed by atoms with van der Waals surface area (Å²) >= 11 is 0. The van der Waals surface area contributed by atoms with E-state index in [1.807, 2.05) is 37.3 Å². The van der Waals surface area contributed by atoms with Gasteiger partial charge in [-0.2, -0.15) is 5.10 Å². The molecule has 1 aromatic carbocycles. The molecule has 1 aliphatic rings. The Morgan fingerprint density at radius 1 is 1.40 bits per heavy atom. The molecule has 1 aromatic heterocycles. The molecule has 3 rings (SSSR count). The van der Waals surface area contributed by atoms with Crippen molar-refractivity contribution in [3.05, 3.63) is 52.8 Å². The first-order chi connectivity index (χ1) is 9.75. The number of hydrogen-bond acceptors (Lipinski definition) is 4. The average molecular weight is 271 g/mol. The number of nitrogens with one attached hydrogen (secondary N) is 2. The predicted molar refractivity (Wildman–Crippen MR) is 74.3 cm³/mol. The van der Waals surface area contributed by atoms with Gasteiger partial charge in [-0.3, -0.25) is 5.10 Å². The van der Waals surface area contributed by atoms with E-state index in [1.54, 1.807) is 0 Å². The maximum atomic E-state index is 12.2. The molecular weight excluding hydrogens is 254 g/mol. The SMILES string of the molecule is CC1NCCc2[nH]nc(C(=O)OCc3ccccc3)c21. The lowest BCUT2D eigenvalue weighted by Crippen LogP contribution is -2.28. The molecule has 1 aliphatic heterocycles. The summed E-state index contributed by atoms with van der Waals surface area (Å²) in [7, 11) is 0. The molecule has 0 amide bonds. The molecule has 0 fully saturated rings. The summed E-state index contributed by atoms with van der Waals surface area (Å²) < 4.78 is 5.34. The van der Waals surface area contributed by atoms with E-state index in [9.17, 15) is 4.79 Å². The molecule has 5 nitrogen and oxygen atoms in total. The lowest BCUT2D eigenvalue weighted by molar-refractivity contribution is 0.0463. The van der Waals surface area contributed by atoms with Crippen molar-refractivity contribution in [1.82, 2.24) is 15.5 Å². The molecule has 2 aromatic rings. The number of rotatable bonds is 3. The first kappa shape index (κ1) is 12.9. The lowest BCUT2D eigenvalue weighted by Gasteiger charge is -2.20. The van der Waals surface area contributed by atoms with Gasteiger partial charge in [0, 0.05) is 30.3 Å². The Bertz CT molecular complexity index is 607. The summed E-state index contributed by atoms with van der Waals surface area (Å²) in [6.07, 6.45) is 0.860. The maximum Gasteiger partial charge on any atom is 0.359 e. The summed E-state index contributed by atoms with van der Waals surface area (Å²) in [5.41, 5.74) is 3.34. The number of carbonyl (C=O) groups excluding carboxylic acids is 1. The summed E-state index contributed by atoms with van der Waals surface area (Å²) in [6, 6.07) is 9.76. The Hall–Kier alpha value is -2.14. The van der Waals surface area contributed by atoms with Crippen LogP contribution in [-0.4, -0.2) is 22.7 Å². The van der Waals surface area contributed by atoms with Crippen molar-refractivity contribution >= 4 is 5.97 Å². The first-order valence-electron chi connectivity index (χ1n) is 6.77. The Morgan fingerprint density at radius 3 is 3.00 bits per heavy atom. The van der Waals surface area contributed by atoms with Crippen molar-refractivity contribution in [1.29, 1.82) is 0 Å². The third kappa shape index (κ3) is 2.44. The Kier molecular flexibility index (Phi) is 3.52. The molecule has 0 saturated heterocycles. The lowest BCUT2D eigenvalue weighted by atomic mass is 10.00. The zero-order valence-electron chi connectivity index (χ0n) is 11.3. The molecule has 2 heterocycles. The molecule has 1 unspecified atom stereocenters. The van der Waals surface area contributed by atoms with Gasteiger partial charge in [0.05, 0.1) is 0 Å². The highest BCUT2D eigenvalue weighted by Crippen LogP contribution is 2.24. The smallest absolute Gasteiger partial charge is 0.359 e. The van der Waals surface area contributed by atoms with Gasteiger partial charge in [-0.05, 0) is 12.5 Å². The molecule has 2 N–H and O–H groups in total. The van der Waals surface area contributed by atoms with Crippen LogP contribution in [0, 0.1) is 0 Å². The fourth-order valence-electron chi connectivity index (χ4n) is 2.51. The van der Waals surface area contributed by atoms with E-state index in [2.05, 4.69) is 15.5 Å². The largest absolute Gasteiger partial charge is 0.456 e. The molecule has 0 saturated carbocycles. The van der Waals surface area contributed by atoms with E-state index in [1.165, 1.54) is 0 Å². The van der Waals surface area contributed by atoms with Crippen LogP contribution in [0.4, 0.5) is 0 Å². The topological polar surface area (TPSA) is 67.0 Å². The molecule has 0 radical (unpaired) electrons. The second-order valence-electron chi connectivity index (χ2n) is 4.95. The van der Waals surface area contributed by atoms with E-state index in [0.29, 0.717) is 5.69 Å². The number of aromatic amines is 1. The molecule has 5 heteroatoms. The molecule has 104 valence electrons. The fourth-order valence-corrected chi connectivity index (χ4v) is 2.51. The van der Waals surface area contributed by atoms with Crippen LogP contribution in [0.2, 0.25) is 0 Å². The normalized spacial score (nSPS) is 17.6. The highest BCUT2D eigenvalue weighted by molar-refractivity contribution is 5.89. The second kappa shape index (κ2) is 5.46. The minimum Gasteiger partial charge on any atom is -0.456 e. The highest BCUT2D eigenvalue weighted by Gasteiger charge is 2.27. The molecule has 0 bridgehead atoms. The second-order valence-corrected chi connectivity index (χ2v) is 4.95. The summed E-state index contributed by atoms with van der Waals surface area (Å²) in [6.45, 7) is 3.19. The van der Waals surface area contributed by atoms with Crippen LogP contribution in [0.1, 0.15) is 40.3 Å². The van der Waals surface area contributed by atoms with E-state index >= 15 is 0 Å². The molecule has 20 heavy (non-hydrogen) atoms. The van der Waals surface area contributed by atoms with Gasteiger partial charge < -0.3 is 10.1 Å². The van der Waals surface area contributed by atoms with Crippen molar-refractivity contribution in [2.24, 2.45) is 0 Å². The third-order valence-electron chi connectivity index (χ3n) is 3.55. The van der Waals surface area contributed by atoms with Gasteiger partial charge in [0.15, 0.2) is 5.69 Å².